The van der Waals surface area contributed by atoms with E-state index < -0.39 is 51.6 Å². The van der Waals surface area contributed by atoms with Gasteiger partial charge >= 0.3 is 12.4 Å². The molecule has 2 rings (SSSR count). The van der Waals surface area contributed by atoms with E-state index in [1.807, 2.05) is 0 Å². The third kappa shape index (κ3) is 2.55. The third-order valence-corrected chi connectivity index (χ3v) is 3.48. The van der Waals surface area contributed by atoms with Crippen molar-refractivity contribution in [3.63, 3.8) is 0 Å². The molecule has 8 heteroatoms. The lowest BCUT2D eigenvalue weighted by Crippen LogP contribution is -2.15. The van der Waals surface area contributed by atoms with Crippen LogP contribution in [0.1, 0.15) is 47.9 Å². The SMILES string of the molecule is Cc1c(C)c(C(F)(F)F)c2oc(C(C)C)nc2c1C(F)(F)F. The van der Waals surface area contributed by atoms with Crippen LogP contribution >= 0.6 is 0 Å². The number of halogens is 6. The first kappa shape index (κ1) is 16.6. The van der Waals surface area contributed by atoms with Crippen LogP contribution in [0.25, 0.3) is 11.1 Å². The highest BCUT2D eigenvalue weighted by atomic mass is 19.4. The van der Waals surface area contributed by atoms with Gasteiger partial charge in [0.05, 0.1) is 5.56 Å². The van der Waals surface area contributed by atoms with Crippen molar-refractivity contribution in [3.8, 4) is 0 Å². The quantitative estimate of drug-likeness (QED) is 0.637. The fourth-order valence-corrected chi connectivity index (χ4v) is 2.33. The van der Waals surface area contributed by atoms with E-state index in [1.165, 1.54) is 0 Å². The van der Waals surface area contributed by atoms with Crippen molar-refractivity contribution in [2.24, 2.45) is 0 Å². The maximum Gasteiger partial charge on any atom is 0.420 e. The fourth-order valence-electron chi connectivity index (χ4n) is 2.33. The molecule has 1 heterocycles. The summed E-state index contributed by atoms with van der Waals surface area (Å²) in [4.78, 5) is 3.67. The molecular formula is C14H13F6NO. The molecule has 0 aliphatic heterocycles. The van der Waals surface area contributed by atoms with Gasteiger partial charge < -0.3 is 4.42 Å². The average Bonchev–Trinajstić information content (AvgIpc) is 2.70. The van der Waals surface area contributed by atoms with Crippen LogP contribution in [-0.2, 0) is 12.4 Å². The maximum atomic E-state index is 13.2. The van der Waals surface area contributed by atoms with Crippen molar-refractivity contribution in [3.05, 3.63) is 28.1 Å². The molecule has 0 aliphatic rings. The number of hydrogen-bond acceptors (Lipinski definition) is 2. The average molecular weight is 325 g/mol. The number of hydrogen-bond donors (Lipinski definition) is 0. The molecule has 0 amide bonds. The maximum absolute atomic E-state index is 13.2. The summed E-state index contributed by atoms with van der Waals surface area (Å²) in [6, 6.07) is 0. The van der Waals surface area contributed by atoms with E-state index in [-0.39, 0.29) is 5.89 Å². The molecule has 1 aromatic carbocycles. The van der Waals surface area contributed by atoms with Crippen molar-refractivity contribution in [1.82, 2.24) is 4.98 Å². The summed E-state index contributed by atoms with van der Waals surface area (Å²) in [7, 11) is 0. The van der Waals surface area contributed by atoms with Gasteiger partial charge in [0, 0.05) is 5.92 Å². The molecule has 0 saturated carbocycles. The van der Waals surface area contributed by atoms with Gasteiger partial charge in [-0.25, -0.2) is 4.98 Å². The number of fused-ring (bicyclic) bond motifs is 1. The number of oxazole rings is 1. The topological polar surface area (TPSA) is 26.0 Å². The first-order chi connectivity index (χ1) is 9.85. The van der Waals surface area contributed by atoms with E-state index in [1.54, 1.807) is 13.8 Å². The zero-order valence-corrected chi connectivity index (χ0v) is 12.2. The van der Waals surface area contributed by atoms with Crippen LogP contribution in [0, 0.1) is 13.8 Å². The number of alkyl halides is 6. The minimum absolute atomic E-state index is 0.156. The first-order valence-corrected chi connectivity index (χ1v) is 6.43. The second kappa shape index (κ2) is 4.89. The first-order valence-electron chi connectivity index (χ1n) is 6.43. The zero-order chi connectivity index (χ0) is 17.0. The molecule has 0 bridgehead atoms. The molecule has 0 atom stereocenters. The molecule has 0 aliphatic carbocycles. The van der Waals surface area contributed by atoms with E-state index in [0.717, 1.165) is 13.8 Å². The molecule has 0 saturated heterocycles. The summed E-state index contributed by atoms with van der Waals surface area (Å²) >= 11 is 0. The van der Waals surface area contributed by atoms with Crippen LogP contribution < -0.4 is 0 Å². The Balaban J connectivity index is 3.03. The van der Waals surface area contributed by atoms with Gasteiger partial charge in [-0.3, -0.25) is 0 Å². The molecule has 0 radical (unpaired) electrons. The lowest BCUT2D eigenvalue weighted by molar-refractivity contribution is -0.140. The monoisotopic (exact) mass is 325 g/mol. The summed E-state index contributed by atoms with van der Waals surface area (Å²) in [5, 5.41) is 0. The Bertz CT molecular complexity index is 667. The van der Waals surface area contributed by atoms with Gasteiger partial charge in [-0.1, -0.05) is 13.8 Å². The van der Waals surface area contributed by atoms with E-state index in [2.05, 4.69) is 4.98 Å². The largest absolute Gasteiger partial charge is 0.440 e. The molecule has 0 fully saturated rings. The van der Waals surface area contributed by atoms with E-state index in [4.69, 9.17) is 4.42 Å². The Hall–Kier alpha value is -1.73. The molecule has 0 spiro atoms. The standard InChI is InChI=1S/C14H13F6NO/c1-5(2)12-21-10-8(13(15,16)17)6(3)7(4)9(11(10)22-12)14(18,19)20/h5H,1-4H3. The fraction of sp³-hybridized carbons (Fsp3) is 0.500. The van der Waals surface area contributed by atoms with Crippen LogP contribution in [0.4, 0.5) is 26.3 Å². The minimum atomic E-state index is -4.83. The third-order valence-electron chi connectivity index (χ3n) is 3.48. The van der Waals surface area contributed by atoms with E-state index >= 15 is 0 Å². The Morgan fingerprint density at radius 3 is 1.73 bits per heavy atom. The lowest BCUT2D eigenvalue weighted by atomic mass is 9.95. The zero-order valence-electron chi connectivity index (χ0n) is 12.2. The number of aromatic nitrogens is 1. The van der Waals surface area contributed by atoms with Crippen LogP contribution in [-0.4, -0.2) is 4.98 Å². The molecule has 2 aromatic rings. The van der Waals surface area contributed by atoms with Gasteiger partial charge in [-0.2, -0.15) is 26.3 Å². The summed E-state index contributed by atoms with van der Waals surface area (Å²) in [5.41, 5.74) is -5.01. The van der Waals surface area contributed by atoms with E-state index in [0.29, 0.717) is 0 Å². The smallest absolute Gasteiger partial charge is 0.420 e. The number of nitrogens with zero attached hydrogens (tertiary/aromatic N) is 1. The summed E-state index contributed by atoms with van der Waals surface area (Å²) in [6.07, 6.45) is -9.65. The van der Waals surface area contributed by atoms with Gasteiger partial charge in [-0.15, -0.1) is 0 Å². The van der Waals surface area contributed by atoms with Crippen LogP contribution in [0.2, 0.25) is 0 Å². The molecule has 22 heavy (non-hydrogen) atoms. The van der Waals surface area contributed by atoms with Crippen LogP contribution in [0.5, 0.6) is 0 Å². The molecule has 0 N–H and O–H groups in total. The van der Waals surface area contributed by atoms with Gasteiger partial charge in [0.25, 0.3) is 0 Å². The Labute approximate surface area is 122 Å². The second-order valence-electron chi connectivity index (χ2n) is 5.38. The normalized spacial score (nSPS) is 13.4. The molecule has 122 valence electrons. The minimum Gasteiger partial charge on any atom is -0.440 e. The van der Waals surface area contributed by atoms with Crippen LogP contribution in [0.15, 0.2) is 4.42 Å². The van der Waals surface area contributed by atoms with Gasteiger partial charge in [0.2, 0.25) is 0 Å². The van der Waals surface area contributed by atoms with Crippen molar-refractivity contribution >= 4 is 11.1 Å². The number of benzene rings is 1. The molecule has 0 unspecified atom stereocenters. The predicted octanol–water partition coefficient (Wildman–Crippen LogP) is 5.61. The van der Waals surface area contributed by atoms with Gasteiger partial charge in [0.1, 0.15) is 11.1 Å². The molecular weight excluding hydrogens is 312 g/mol. The van der Waals surface area contributed by atoms with E-state index in [9.17, 15) is 26.3 Å². The Morgan fingerprint density at radius 2 is 1.32 bits per heavy atom. The highest BCUT2D eigenvalue weighted by molar-refractivity contribution is 5.84. The highest BCUT2D eigenvalue weighted by Crippen LogP contribution is 2.45. The Kier molecular flexibility index (Phi) is 3.70. The van der Waals surface area contributed by atoms with Crippen molar-refractivity contribution < 1.29 is 30.8 Å². The number of rotatable bonds is 1. The van der Waals surface area contributed by atoms with Crippen molar-refractivity contribution in [2.45, 2.75) is 46.0 Å². The highest BCUT2D eigenvalue weighted by Gasteiger charge is 2.44. The summed E-state index contributed by atoms with van der Waals surface area (Å²) < 4.78 is 84.4. The van der Waals surface area contributed by atoms with Gasteiger partial charge in [-0.05, 0) is 25.0 Å². The summed E-state index contributed by atoms with van der Waals surface area (Å²) in [6.45, 7) is 5.16. The summed E-state index contributed by atoms with van der Waals surface area (Å²) in [5.74, 6) is -0.592. The van der Waals surface area contributed by atoms with Gasteiger partial charge in [0.15, 0.2) is 11.5 Å². The van der Waals surface area contributed by atoms with Crippen molar-refractivity contribution in [1.29, 1.82) is 0 Å². The lowest BCUT2D eigenvalue weighted by Gasteiger charge is -2.17. The second-order valence-corrected chi connectivity index (χ2v) is 5.38. The molecule has 2 nitrogen and oxygen atoms in total. The van der Waals surface area contributed by atoms with Crippen molar-refractivity contribution in [2.75, 3.05) is 0 Å². The Morgan fingerprint density at radius 1 is 0.864 bits per heavy atom. The van der Waals surface area contributed by atoms with Crippen LogP contribution in [0.3, 0.4) is 0 Å². The predicted molar refractivity (Wildman–Crippen MR) is 67.6 cm³/mol. The molecule has 1 aromatic heterocycles.